The van der Waals surface area contributed by atoms with Crippen LogP contribution in [0.5, 0.6) is 0 Å². The Balaban J connectivity index is 2.40. The molecule has 0 atom stereocenters. The third-order valence-electron chi connectivity index (χ3n) is 2.04. The fraction of sp³-hybridized carbons (Fsp3) is 0.455. The summed E-state index contributed by atoms with van der Waals surface area (Å²) in [6, 6.07) is 0. The Morgan fingerprint density at radius 1 is 1.62 bits per heavy atom. The van der Waals surface area contributed by atoms with E-state index in [1.165, 1.54) is 12.8 Å². The first kappa shape index (κ1) is 9.90. The van der Waals surface area contributed by atoms with Gasteiger partial charge in [-0.3, -0.25) is 0 Å². The first-order valence-corrected chi connectivity index (χ1v) is 4.60. The Labute approximate surface area is 80.0 Å². The maximum absolute atomic E-state index is 5.59. The molecule has 0 aromatic heterocycles. The molecule has 0 saturated heterocycles. The second-order valence-corrected chi connectivity index (χ2v) is 3.25. The molecule has 0 unspecified atom stereocenters. The minimum absolute atomic E-state index is 0.762. The van der Waals surface area contributed by atoms with Gasteiger partial charge in [-0.15, -0.1) is 0 Å². The molecule has 1 aliphatic carbocycles. The summed E-state index contributed by atoms with van der Waals surface area (Å²) in [6.07, 6.45) is 6.15. The summed E-state index contributed by atoms with van der Waals surface area (Å²) < 4.78 is 5.59. The normalized spacial score (nSPS) is 16.5. The topological polar surface area (TPSA) is 21.3 Å². The van der Waals surface area contributed by atoms with Crippen molar-refractivity contribution in [1.82, 2.24) is 5.32 Å². The summed E-state index contributed by atoms with van der Waals surface area (Å²) in [5, 5.41) is 2.96. The summed E-state index contributed by atoms with van der Waals surface area (Å²) in [4.78, 5) is 0. The molecule has 0 aromatic carbocycles. The van der Waals surface area contributed by atoms with E-state index in [1.807, 2.05) is 13.1 Å². The van der Waals surface area contributed by atoms with Crippen LogP contribution in [0.4, 0.5) is 0 Å². The first-order valence-electron chi connectivity index (χ1n) is 4.60. The van der Waals surface area contributed by atoms with Gasteiger partial charge in [-0.1, -0.05) is 19.2 Å². The Bertz CT molecular complexity index is 226. The van der Waals surface area contributed by atoms with E-state index in [0.717, 1.165) is 24.0 Å². The number of allylic oxidation sites excluding steroid dienone is 2. The van der Waals surface area contributed by atoms with Crippen molar-refractivity contribution in [2.75, 3.05) is 13.7 Å². The van der Waals surface area contributed by atoms with Crippen LogP contribution in [0.15, 0.2) is 36.8 Å². The van der Waals surface area contributed by atoms with Crippen molar-refractivity contribution in [3.8, 4) is 0 Å². The van der Waals surface area contributed by atoms with Gasteiger partial charge in [0.05, 0.1) is 12.3 Å². The predicted octanol–water partition coefficient (Wildman–Crippen LogP) is 2.22. The van der Waals surface area contributed by atoms with Crippen LogP contribution < -0.4 is 5.32 Å². The fourth-order valence-electron chi connectivity index (χ4n) is 0.958. The van der Waals surface area contributed by atoms with Gasteiger partial charge in [-0.05, 0) is 24.8 Å². The van der Waals surface area contributed by atoms with Crippen molar-refractivity contribution < 1.29 is 4.74 Å². The molecule has 0 radical (unpaired) electrons. The van der Waals surface area contributed by atoms with Gasteiger partial charge in [-0.25, -0.2) is 0 Å². The largest absolute Gasteiger partial charge is 0.491 e. The van der Waals surface area contributed by atoms with Crippen LogP contribution in [-0.2, 0) is 4.74 Å². The van der Waals surface area contributed by atoms with Crippen molar-refractivity contribution in [2.45, 2.75) is 12.8 Å². The zero-order chi connectivity index (χ0) is 9.68. The molecule has 2 heteroatoms. The zero-order valence-corrected chi connectivity index (χ0v) is 8.18. The molecule has 2 nitrogen and oxygen atoms in total. The lowest BCUT2D eigenvalue weighted by molar-refractivity contribution is 0.204. The highest BCUT2D eigenvalue weighted by atomic mass is 16.5. The Kier molecular flexibility index (Phi) is 3.62. The summed E-state index contributed by atoms with van der Waals surface area (Å²) in [6.45, 7) is 8.28. The van der Waals surface area contributed by atoms with Gasteiger partial charge in [0.15, 0.2) is 0 Å². The fourth-order valence-corrected chi connectivity index (χ4v) is 0.958. The number of ether oxygens (including phenoxy) is 1. The van der Waals surface area contributed by atoms with Gasteiger partial charge in [0.25, 0.3) is 0 Å². The number of likely N-dealkylation sites (N-methyl/N-ethyl adjacent to an activating group) is 1. The molecule has 0 amide bonds. The van der Waals surface area contributed by atoms with E-state index < -0.39 is 0 Å². The minimum atomic E-state index is 0.762. The van der Waals surface area contributed by atoms with E-state index >= 15 is 0 Å². The standard InChI is InChI=1S/C11H17NO/c1-4-5-11(9(2)12-3)13-8-10-6-7-10/h4-5,10,12H,1-2,6-8H2,3H3/b11-5+. The molecule has 0 heterocycles. The molecule has 13 heavy (non-hydrogen) atoms. The van der Waals surface area contributed by atoms with Crippen molar-refractivity contribution in [1.29, 1.82) is 0 Å². The minimum Gasteiger partial charge on any atom is -0.491 e. The summed E-state index contributed by atoms with van der Waals surface area (Å²) in [7, 11) is 1.83. The van der Waals surface area contributed by atoms with Crippen molar-refractivity contribution in [3.05, 3.63) is 36.8 Å². The summed E-state index contributed by atoms with van der Waals surface area (Å²) >= 11 is 0. The summed E-state index contributed by atoms with van der Waals surface area (Å²) in [5.74, 6) is 1.56. The molecule has 0 aromatic rings. The van der Waals surface area contributed by atoms with E-state index in [9.17, 15) is 0 Å². The van der Waals surface area contributed by atoms with Crippen molar-refractivity contribution in [3.63, 3.8) is 0 Å². The lowest BCUT2D eigenvalue weighted by atomic mass is 10.3. The van der Waals surface area contributed by atoms with Gasteiger partial charge >= 0.3 is 0 Å². The van der Waals surface area contributed by atoms with Gasteiger partial charge < -0.3 is 10.1 Å². The van der Waals surface area contributed by atoms with E-state index in [2.05, 4.69) is 18.5 Å². The molecule has 0 bridgehead atoms. The number of rotatable bonds is 6. The molecular weight excluding hydrogens is 162 g/mol. The van der Waals surface area contributed by atoms with Gasteiger partial charge in [0, 0.05) is 7.05 Å². The average molecular weight is 179 g/mol. The smallest absolute Gasteiger partial charge is 0.141 e. The van der Waals surface area contributed by atoms with Crippen LogP contribution in [0.3, 0.4) is 0 Å². The van der Waals surface area contributed by atoms with Gasteiger partial charge in [0.2, 0.25) is 0 Å². The predicted molar refractivity (Wildman–Crippen MR) is 55.2 cm³/mol. The number of hydrogen-bond donors (Lipinski definition) is 1. The number of hydrogen-bond acceptors (Lipinski definition) is 2. The monoisotopic (exact) mass is 179 g/mol. The quantitative estimate of drug-likeness (QED) is 0.498. The molecule has 1 rings (SSSR count). The lowest BCUT2D eigenvalue weighted by Gasteiger charge is -2.11. The molecular formula is C11H17NO. The SMILES string of the molecule is C=C/C=C(/OCC1CC1)C(=C)NC. The molecule has 1 N–H and O–H groups in total. The second kappa shape index (κ2) is 4.75. The lowest BCUT2D eigenvalue weighted by Crippen LogP contribution is -2.10. The Morgan fingerprint density at radius 2 is 2.31 bits per heavy atom. The van der Waals surface area contributed by atoms with Crippen LogP contribution >= 0.6 is 0 Å². The van der Waals surface area contributed by atoms with E-state index in [1.54, 1.807) is 6.08 Å². The third kappa shape index (κ3) is 3.36. The van der Waals surface area contributed by atoms with Crippen LogP contribution in [-0.4, -0.2) is 13.7 Å². The van der Waals surface area contributed by atoms with Crippen LogP contribution in [0.2, 0.25) is 0 Å². The number of nitrogens with one attached hydrogen (secondary N) is 1. The molecule has 1 fully saturated rings. The van der Waals surface area contributed by atoms with Gasteiger partial charge in [0.1, 0.15) is 5.76 Å². The molecule has 0 spiro atoms. The van der Waals surface area contributed by atoms with E-state index in [-0.39, 0.29) is 0 Å². The van der Waals surface area contributed by atoms with Crippen LogP contribution in [0.1, 0.15) is 12.8 Å². The van der Waals surface area contributed by atoms with E-state index in [4.69, 9.17) is 4.74 Å². The Hall–Kier alpha value is -1.18. The highest BCUT2D eigenvalue weighted by Crippen LogP contribution is 2.29. The molecule has 1 saturated carbocycles. The first-order chi connectivity index (χ1) is 6.27. The zero-order valence-electron chi connectivity index (χ0n) is 8.18. The van der Waals surface area contributed by atoms with Gasteiger partial charge in [-0.2, -0.15) is 0 Å². The highest BCUT2D eigenvalue weighted by molar-refractivity contribution is 5.24. The van der Waals surface area contributed by atoms with Crippen LogP contribution in [0.25, 0.3) is 0 Å². The maximum atomic E-state index is 5.59. The molecule has 1 aliphatic rings. The van der Waals surface area contributed by atoms with Crippen molar-refractivity contribution >= 4 is 0 Å². The van der Waals surface area contributed by atoms with Crippen LogP contribution in [0, 0.1) is 5.92 Å². The maximum Gasteiger partial charge on any atom is 0.141 e. The average Bonchev–Trinajstić information content (AvgIpc) is 2.94. The molecule has 72 valence electrons. The summed E-state index contributed by atoms with van der Waals surface area (Å²) in [5.41, 5.74) is 0.806. The van der Waals surface area contributed by atoms with Crippen molar-refractivity contribution in [2.24, 2.45) is 5.92 Å². The second-order valence-electron chi connectivity index (χ2n) is 3.25. The Morgan fingerprint density at radius 3 is 2.77 bits per heavy atom. The third-order valence-corrected chi connectivity index (χ3v) is 2.04. The highest BCUT2D eigenvalue weighted by Gasteiger charge is 2.22. The molecule has 0 aliphatic heterocycles. The van der Waals surface area contributed by atoms with E-state index in [0.29, 0.717) is 0 Å².